The van der Waals surface area contributed by atoms with E-state index in [9.17, 15) is 8.42 Å². The molecule has 1 aromatic heterocycles. The minimum Gasteiger partial charge on any atom is -0.454 e. The van der Waals surface area contributed by atoms with Gasteiger partial charge < -0.3 is 9.47 Å². The molecule has 27 heavy (non-hydrogen) atoms. The van der Waals surface area contributed by atoms with Crippen LogP contribution in [0.3, 0.4) is 0 Å². The third-order valence-corrected chi connectivity index (χ3v) is 7.59. The van der Waals surface area contributed by atoms with E-state index in [4.69, 9.17) is 9.47 Å². The number of aromatic nitrogens is 1. The van der Waals surface area contributed by atoms with Crippen LogP contribution in [0, 0.1) is 6.92 Å². The van der Waals surface area contributed by atoms with Gasteiger partial charge >= 0.3 is 0 Å². The first-order chi connectivity index (χ1) is 13.0. The van der Waals surface area contributed by atoms with Crippen molar-refractivity contribution in [3.8, 4) is 11.5 Å². The summed E-state index contributed by atoms with van der Waals surface area (Å²) in [5, 5.41) is 0. The third kappa shape index (κ3) is 4.48. The molecule has 9 heteroatoms. The molecule has 1 N–H and O–H groups in total. The van der Waals surface area contributed by atoms with Gasteiger partial charge in [0.15, 0.2) is 15.8 Å². The molecular formula is C18H18N2O4S3. The number of sulfonamides is 1. The lowest BCUT2D eigenvalue weighted by Crippen LogP contribution is -2.17. The Hall–Kier alpha value is -1.97. The lowest BCUT2D eigenvalue weighted by atomic mass is 10.2. The van der Waals surface area contributed by atoms with Gasteiger partial charge in [0.05, 0.1) is 16.0 Å². The Labute approximate surface area is 166 Å². The molecular weight excluding hydrogens is 404 g/mol. The fourth-order valence-corrected chi connectivity index (χ4v) is 6.01. The molecule has 0 saturated heterocycles. The molecule has 0 saturated carbocycles. The summed E-state index contributed by atoms with van der Waals surface area (Å²) in [7, 11) is -3.35. The van der Waals surface area contributed by atoms with Crippen molar-refractivity contribution in [1.82, 2.24) is 4.98 Å². The molecule has 3 aromatic rings. The van der Waals surface area contributed by atoms with Crippen LogP contribution in [0.4, 0.5) is 5.69 Å². The SMILES string of the molecule is Cc1ccc(NS(=O)(=O)CCCSc2nc3cc4c(cc3s2)OCO4)cc1. The van der Waals surface area contributed by atoms with Crippen molar-refractivity contribution in [3.05, 3.63) is 42.0 Å². The molecule has 2 aromatic carbocycles. The van der Waals surface area contributed by atoms with Crippen molar-refractivity contribution < 1.29 is 17.9 Å². The molecule has 1 aliphatic heterocycles. The molecule has 0 bridgehead atoms. The molecule has 0 unspecified atom stereocenters. The second-order valence-electron chi connectivity index (χ2n) is 6.14. The summed E-state index contributed by atoms with van der Waals surface area (Å²) in [6, 6.07) is 11.1. The molecule has 0 fully saturated rings. The number of ether oxygens (including phenoxy) is 2. The number of fused-ring (bicyclic) bond motifs is 2. The van der Waals surface area contributed by atoms with Crippen LogP contribution in [0.15, 0.2) is 40.7 Å². The minimum absolute atomic E-state index is 0.0781. The highest BCUT2D eigenvalue weighted by molar-refractivity contribution is 8.01. The number of thioether (sulfide) groups is 1. The van der Waals surface area contributed by atoms with E-state index in [0.29, 0.717) is 17.9 Å². The average Bonchev–Trinajstić information content (AvgIpc) is 3.23. The van der Waals surface area contributed by atoms with Crippen LogP contribution in [0.2, 0.25) is 0 Å². The van der Waals surface area contributed by atoms with Crippen LogP contribution >= 0.6 is 23.1 Å². The van der Waals surface area contributed by atoms with Crippen LogP contribution in [-0.4, -0.2) is 31.7 Å². The fourth-order valence-electron chi connectivity index (χ4n) is 2.62. The summed E-state index contributed by atoms with van der Waals surface area (Å²) in [6.07, 6.45) is 0.546. The van der Waals surface area contributed by atoms with Gasteiger partial charge in [0.2, 0.25) is 16.8 Å². The fraction of sp³-hybridized carbons (Fsp3) is 0.278. The first kappa shape index (κ1) is 18.4. The van der Waals surface area contributed by atoms with E-state index in [0.717, 1.165) is 31.6 Å². The maximum absolute atomic E-state index is 12.2. The monoisotopic (exact) mass is 422 g/mol. The lowest BCUT2D eigenvalue weighted by molar-refractivity contribution is 0.174. The van der Waals surface area contributed by atoms with E-state index in [-0.39, 0.29) is 12.5 Å². The van der Waals surface area contributed by atoms with Crippen LogP contribution < -0.4 is 14.2 Å². The average molecular weight is 423 g/mol. The Morgan fingerprint density at radius 2 is 1.93 bits per heavy atom. The third-order valence-electron chi connectivity index (χ3n) is 3.97. The van der Waals surface area contributed by atoms with Gasteiger partial charge in [-0.25, -0.2) is 13.4 Å². The van der Waals surface area contributed by atoms with Crippen molar-refractivity contribution in [2.75, 3.05) is 23.0 Å². The number of anilines is 1. The van der Waals surface area contributed by atoms with Crippen molar-refractivity contribution in [2.24, 2.45) is 0 Å². The zero-order valence-electron chi connectivity index (χ0n) is 14.6. The van der Waals surface area contributed by atoms with Gasteiger partial charge in [-0.2, -0.15) is 0 Å². The summed E-state index contributed by atoms with van der Waals surface area (Å²) in [5.74, 6) is 2.23. The summed E-state index contributed by atoms with van der Waals surface area (Å²) in [5.41, 5.74) is 2.56. The number of hydrogen-bond donors (Lipinski definition) is 1. The zero-order valence-corrected chi connectivity index (χ0v) is 17.0. The molecule has 142 valence electrons. The second kappa shape index (κ2) is 7.57. The van der Waals surface area contributed by atoms with Gasteiger partial charge in [-0.1, -0.05) is 29.5 Å². The molecule has 0 amide bonds. The molecule has 2 heterocycles. The largest absolute Gasteiger partial charge is 0.454 e. The predicted molar refractivity (Wildman–Crippen MR) is 110 cm³/mol. The number of thiazole rings is 1. The van der Waals surface area contributed by atoms with Crippen LogP contribution in [-0.2, 0) is 10.0 Å². The topological polar surface area (TPSA) is 77.5 Å². The summed E-state index contributed by atoms with van der Waals surface area (Å²) < 4.78 is 39.7. The Balaban J connectivity index is 1.30. The second-order valence-corrected chi connectivity index (χ2v) is 10.4. The number of nitrogens with zero attached hydrogens (tertiary/aromatic N) is 1. The molecule has 0 atom stereocenters. The quantitative estimate of drug-likeness (QED) is 0.453. The standard InChI is InChI=1S/C18H18N2O4S3/c1-12-3-5-13(6-4-12)20-27(21,22)8-2-7-25-18-19-14-9-15-16(24-11-23-15)10-17(14)26-18/h3-6,9-10,20H,2,7-8,11H2,1H3. The number of hydrogen-bond acceptors (Lipinski definition) is 7. The Morgan fingerprint density at radius 1 is 1.19 bits per heavy atom. The lowest BCUT2D eigenvalue weighted by Gasteiger charge is -2.07. The number of aryl methyl sites for hydroxylation is 1. The van der Waals surface area contributed by atoms with E-state index < -0.39 is 10.0 Å². The first-order valence-electron chi connectivity index (χ1n) is 8.39. The molecule has 6 nitrogen and oxygen atoms in total. The van der Waals surface area contributed by atoms with E-state index in [1.54, 1.807) is 35.2 Å². The van der Waals surface area contributed by atoms with E-state index in [2.05, 4.69) is 9.71 Å². The molecule has 0 spiro atoms. The van der Waals surface area contributed by atoms with Gasteiger partial charge in [-0.05, 0) is 25.5 Å². The molecule has 1 aliphatic rings. The highest BCUT2D eigenvalue weighted by Crippen LogP contribution is 2.39. The van der Waals surface area contributed by atoms with Crippen LogP contribution in [0.1, 0.15) is 12.0 Å². The number of rotatable bonds is 7. The highest BCUT2D eigenvalue weighted by atomic mass is 32.2. The van der Waals surface area contributed by atoms with Crippen molar-refractivity contribution in [2.45, 2.75) is 17.7 Å². The van der Waals surface area contributed by atoms with Gasteiger partial charge in [-0.3, -0.25) is 4.72 Å². The number of nitrogens with one attached hydrogen (secondary N) is 1. The van der Waals surface area contributed by atoms with Crippen LogP contribution in [0.5, 0.6) is 11.5 Å². The predicted octanol–water partition coefficient (Wildman–Crippen LogP) is 4.26. The van der Waals surface area contributed by atoms with E-state index >= 15 is 0 Å². The summed E-state index contributed by atoms with van der Waals surface area (Å²) in [6.45, 7) is 2.21. The Morgan fingerprint density at radius 3 is 2.70 bits per heavy atom. The minimum atomic E-state index is -3.35. The maximum Gasteiger partial charge on any atom is 0.232 e. The van der Waals surface area contributed by atoms with Crippen molar-refractivity contribution in [3.63, 3.8) is 0 Å². The normalized spacial score (nSPS) is 13.2. The maximum atomic E-state index is 12.2. The first-order valence-corrected chi connectivity index (χ1v) is 11.8. The molecule has 0 aliphatic carbocycles. The van der Waals surface area contributed by atoms with E-state index in [1.165, 1.54) is 0 Å². The van der Waals surface area contributed by atoms with Crippen molar-refractivity contribution in [1.29, 1.82) is 0 Å². The smallest absolute Gasteiger partial charge is 0.232 e. The van der Waals surface area contributed by atoms with E-state index in [1.807, 2.05) is 31.2 Å². The van der Waals surface area contributed by atoms with Gasteiger partial charge in [0.25, 0.3) is 0 Å². The summed E-state index contributed by atoms with van der Waals surface area (Å²) in [4.78, 5) is 4.58. The van der Waals surface area contributed by atoms with Crippen molar-refractivity contribution >= 4 is 49.0 Å². The highest BCUT2D eigenvalue weighted by Gasteiger charge is 2.17. The molecule has 0 radical (unpaired) electrons. The zero-order chi connectivity index (χ0) is 18.9. The summed E-state index contributed by atoms with van der Waals surface area (Å²) >= 11 is 3.14. The van der Waals surface area contributed by atoms with Crippen LogP contribution in [0.25, 0.3) is 10.2 Å². The Kier molecular flexibility index (Phi) is 5.16. The van der Waals surface area contributed by atoms with Gasteiger partial charge in [0.1, 0.15) is 0 Å². The van der Waals surface area contributed by atoms with Gasteiger partial charge in [0, 0.05) is 23.6 Å². The van der Waals surface area contributed by atoms with Gasteiger partial charge in [-0.15, -0.1) is 11.3 Å². The number of benzene rings is 2. The Bertz CT molecular complexity index is 1020. The molecule has 4 rings (SSSR count).